The third-order valence-corrected chi connectivity index (χ3v) is 6.69. The van der Waals surface area contributed by atoms with Crippen molar-refractivity contribution >= 4 is 12.1 Å². The standard InChI is InChI=1S/C27H44N2O4/c1-7-24(21(4)18-29(5)6)22-12-11-13-23(16-22)33-26(31)28-19-27(14-9-8-10-15-27)17-25(30)32-20(2)3/h11-13,16,20-21,24H,7-10,14-15,17-19H2,1-6H3,(H,28,31). The second-order valence-corrected chi connectivity index (χ2v) is 10.3. The predicted molar refractivity (Wildman–Crippen MR) is 133 cm³/mol. The van der Waals surface area contributed by atoms with Crippen LogP contribution in [-0.4, -0.2) is 50.3 Å². The van der Waals surface area contributed by atoms with E-state index < -0.39 is 6.09 Å². The number of carbonyl (C=O) groups is 2. The number of ether oxygens (including phenoxy) is 2. The third kappa shape index (κ3) is 9.00. The van der Waals surface area contributed by atoms with E-state index in [1.807, 2.05) is 32.0 Å². The molecule has 6 heteroatoms. The van der Waals surface area contributed by atoms with Crippen molar-refractivity contribution in [3.8, 4) is 5.75 Å². The van der Waals surface area contributed by atoms with E-state index in [-0.39, 0.29) is 17.5 Å². The fourth-order valence-electron chi connectivity index (χ4n) is 5.21. The molecule has 1 saturated carbocycles. The lowest BCUT2D eigenvalue weighted by atomic mass is 9.71. The van der Waals surface area contributed by atoms with Crippen LogP contribution in [0.1, 0.15) is 84.1 Å². The van der Waals surface area contributed by atoms with Crippen LogP contribution in [0.4, 0.5) is 4.79 Å². The van der Waals surface area contributed by atoms with Crippen molar-refractivity contribution in [3.63, 3.8) is 0 Å². The maximum absolute atomic E-state index is 12.6. The van der Waals surface area contributed by atoms with Crippen LogP contribution in [0.3, 0.4) is 0 Å². The lowest BCUT2D eigenvalue weighted by Crippen LogP contribution is -2.41. The number of esters is 1. The first-order chi connectivity index (χ1) is 15.6. The van der Waals surface area contributed by atoms with Gasteiger partial charge >= 0.3 is 12.1 Å². The van der Waals surface area contributed by atoms with Gasteiger partial charge in [-0.15, -0.1) is 0 Å². The first kappa shape index (κ1) is 27.2. The van der Waals surface area contributed by atoms with Crippen molar-refractivity contribution in [1.82, 2.24) is 10.2 Å². The summed E-state index contributed by atoms with van der Waals surface area (Å²) in [6.45, 7) is 9.62. The first-order valence-corrected chi connectivity index (χ1v) is 12.5. The monoisotopic (exact) mass is 460 g/mol. The largest absolute Gasteiger partial charge is 0.463 e. The Kier molecular flexibility index (Phi) is 10.7. The van der Waals surface area contributed by atoms with Gasteiger partial charge in [0.05, 0.1) is 12.5 Å². The Morgan fingerprint density at radius 3 is 2.42 bits per heavy atom. The first-order valence-electron chi connectivity index (χ1n) is 12.5. The van der Waals surface area contributed by atoms with Crippen molar-refractivity contribution < 1.29 is 19.1 Å². The van der Waals surface area contributed by atoms with Gasteiger partial charge in [0.2, 0.25) is 0 Å². The number of hydrogen-bond donors (Lipinski definition) is 1. The van der Waals surface area contributed by atoms with Crippen molar-refractivity contribution in [2.45, 2.75) is 84.7 Å². The van der Waals surface area contributed by atoms with E-state index in [1.165, 1.54) is 12.0 Å². The van der Waals surface area contributed by atoms with Gasteiger partial charge in [-0.1, -0.05) is 45.2 Å². The fourth-order valence-corrected chi connectivity index (χ4v) is 5.21. The summed E-state index contributed by atoms with van der Waals surface area (Å²) >= 11 is 0. The molecule has 33 heavy (non-hydrogen) atoms. The molecule has 1 amide bonds. The highest BCUT2D eigenvalue weighted by atomic mass is 16.6. The lowest BCUT2D eigenvalue weighted by Gasteiger charge is -2.36. The number of carbonyl (C=O) groups excluding carboxylic acids is 2. The van der Waals surface area contributed by atoms with Crippen molar-refractivity contribution in [2.24, 2.45) is 11.3 Å². The molecule has 0 aliphatic heterocycles. The van der Waals surface area contributed by atoms with E-state index >= 15 is 0 Å². The number of benzene rings is 1. The molecule has 0 aromatic heterocycles. The number of nitrogens with one attached hydrogen (secondary N) is 1. The van der Waals surface area contributed by atoms with Gasteiger partial charge in [-0.2, -0.15) is 0 Å². The fraction of sp³-hybridized carbons (Fsp3) is 0.704. The van der Waals surface area contributed by atoms with Crippen molar-refractivity contribution in [2.75, 3.05) is 27.2 Å². The second kappa shape index (κ2) is 13.0. The van der Waals surface area contributed by atoms with Crippen LogP contribution >= 0.6 is 0 Å². The summed E-state index contributed by atoms with van der Waals surface area (Å²) in [5.74, 6) is 1.26. The van der Waals surface area contributed by atoms with Crippen molar-refractivity contribution in [3.05, 3.63) is 29.8 Å². The lowest BCUT2D eigenvalue weighted by molar-refractivity contribution is -0.150. The molecule has 0 heterocycles. The summed E-state index contributed by atoms with van der Waals surface area (Å²) in [5.41, 5.74) is 0.942. The summed E-state index contributed by atoms with van der Waals surface area (Å²) in [6.07, 6.45) is 5.90. The molecule has 1 aliphatic rings. The zero-order valence-corrected chi connectivity index (χ0v) is 21.5. The quantitative estimate of drug-likeness (QED) is 0.425. The van der Waals surface area contributed by atoms with Gasteiger partial charge in [0.1, 0.15) is 5.75 Å². The molecule has 1 aromatic rings. The minimum absolute atomic E-state index is 0.129. The van der Waals surface area contributed by atoms with Crippen LogP contribution in [0.2, 0.25) is 0 Å². The molecule has 186 valence electrons. The SMILES string of the molecule is CCC(c1cccc(OC(=O)NCC2(CC(=O)OC(C)C)CCCCC2)c1)C(C)CN(C)C. The zero-order valence-electron chi connectivity index (χ0n) is 21.5. The van der Waals surface area contributed by atoms with Gasteiger partial charge < -0.3 is 19.7 Å². The molecule has 2 rings (SSSR count). The van der Waals surface area contributed by atoms with Gasteiger partial charge in [0.25, 0.3) is 0 Å². The highest BCUT2D eigenvalue weighted by molar-refractivity contribution is 5.72. The molecule has 0 spiro atoms. The average molecular weight is 461 g/mol. The molecule has 2 unspecified atom stereocenters. The van der Waals surface area contributed by atoms with Crippen LogP contribution in [0.15, 0.2) is 24.3 Å². The molecule has 0 radical (unpaired) electrons. The minimum atomic E-state index is -0.469. The van der Waals surface area contributed by atoms with Gasteiger partial charge in [0, 0.05) is 13.1 Å². The Labute approximate surface area is 200 Å². The van der Waals surface area contributed by atoms with E-state index in [9.17, 15) is 9.59 Å². The maximum Gasteiger partial charge on any atom is 0.412 e. The van der Waals surface area contributed by atoms with Gasteiger partial charge in [-0.05, 0) is 82.2 Å². The third-order valence-electron chi connectivity index (χ3n) is 6.69. The molecular weight excluding hydrogens is 416 g/mol. The number of nitrogens with zero attached hydrogens (tertiary/aromatic N) is 1. The molecule has 1 aliphatic carbocycles. The van der Waals surface area contributed by atoms with Gasteiger partial charge in [-0.3, -0.25) is 4.79 Å². The van der Waals surface area contributed by atoms with Gasteiger partial charge in [-0.25, -0.2) is 4.79 Å². The predicted octanol–water partition coefficient (Wildman–Crippen LogP) is 5.76. The molecule has 1 N–H and O–H groups in total. The topological polar surface area (TPSA) is 67.9 Å². The highest BCUT2D eigenvalue weighted by Gasteiger charge is 2.35. The zero-order chi connectivity index (χ0) is 24.4. The van der Waals surface area contributed by atoms with Crippen LogP contribution < -0.4 is 10.1 Å². The number of hydrogen-bond acceptors (Lipinski definition) is 5. The average Bonchev–Trinajstić information content (AvgIpc) is 2.73. The normalized spacial score (nSPS) is 17.5. The summed E-state index contributed by atoms with van der Waals surface area (Å²) in [6, 6.07) is 7.87. The van der Waals surface area contributed by atoms with E-state index in [4.69, 9.17) is 9.47 Å². The summed E-state index contributed by atoms with van der Waals surface area (Å²) in [7, 11) is 4.18. The van der Waals surface area contributed by atoms with Crippen LogP contribution in [-0.2, 0) is 9.53 Å². The molecule has 6 nitrogen and oxygen atoms in total. The van der Waals surface area contributed by atoms with E-state index in [0.717, 1.165) is 38.6 Å². The van der Waals surface area contributed by atoms with E-state index in [2.05, 4.69) is 44.2 Å². The van der Waals surface area contributed by atoms with Gasteiger partial charge in [0.15, 0.2) is 0 Å². The molecule has 1 fully saturated rings. The molecule has 2 atom stereocenters. The van der Waals surface area contributed by atoms with Crippen molar-refractivity contribution in [1.29, 1.82) is 0 Å². The highest BCUT2D eigenvalue weighted by Crippen LogP contribution is 2.39. The maximum atomic E-state index is 12.6. The summed E-state index contributed by atoms with van der Waals surface area (Å²) < 4.78 is 11.0. The Balaban J connectivity index is 2.00. The smallest absolute Gasteiger partial charge is 0.412 e. The summed E-state index contributed by atoms with van der Waals surface area (Å²) in [5, 5.41) is 2.94. The summed E-state index contributed by atoms with van der Waals surface area (Å²) in [4.78, 5) is 27.2. The van der Waals surface area contributed by atoms with Crippen LogP contribution in [0.5, 0.6) is 5.75 Å². The Morgan fingerprint density at radius 1 is 1.12 bits per heavy atom. The Morgan fingerprint density at radius 2 is 1.82 bits per heavy atom. The Hall–Kier alpha value is -2.08. The van der Waals surface area contributed by atoms with E-state index in [1.54, 1.807) is 0 Å². The van der Waals surface area contributed by atoms with Crippen LogP contribution in [0.25, 0.3) is 0 Å². The minimum Gasteiger partial charge on any atom is -0.463 e. The second-order valence-electron chi connectivity index (χ2n) is 10.3. The van der Waals surface area contributed by atoms with Crippen LogP contribution in [0, 0.1) is 11.3 Å². The number of rotatable bonds is 11. The number of amides is 1. The molecule has 0 saturated heterocycles. The Bertz CT molecular complexity index is 756. The molecule has 0 bridgehead atoms. The molecule has 1 aromatic carbocycles. The molecular formula is C27H44N2O4. The van der Waals surface area contributed by atoms with E-state index in [0.29, 0.717) is 30.6 Å².